The standard InChI is InChI=1S/C15H20FNO3/c1-20-14-6-5-12(16)8-11(14)10-17-7-3-2-4-13(17)9-15(18)19/h5-6,8,13H,2-4,7,9-10H2,1H3,(H,18,19). The summed E-state index contributed by atoms with van der Waals surface area (Å²) in [6.07, 6.45) is 3.12. The van der Waals surface area contributed by atoms with Crippen LogP contribution in [-0.4, -0.2) is 35.7 Å². The lowest BCUT2D eigenvalue weighted by Crippen LogP contribution is -2.40. The van der Waals surface area contributed by atoms with Gasteiger partial charge in [-0.15, -0.1) is 0 Å². The molecule has 1 aliphatic rings. The Labute approximate surface area is 118 Å². The molecule has 5 heteroatoms. The Morgan fingerprint density at radius 1 is 1.50 bits per heavy atom. The first-order valence-electron chi connectivity index (χ1n) is 6.88. The molecule has 2 rings (SSSR count). The predicted octanol–water partition coefficient (Wildman–Crippen LogP) is 2.66. The molecule has 0 saturated carbocycles. The van der Waals surface area contributed by atoms with Gasteiger partial charge in [-0.25, -0.2) is 4.39 Å². The van der Waals surface area contributed by atoms with Crippen LogP contribution in [0, 0.1) is 5.82 Å². The molecule has 1 N–H and O–H groups in total. The number of benzene rings is 1. The Balaban J connectivity index is 2.13. The molecule has 0 aromatic heterocycles. The van der Waals surface area contributed by atoms with Crippen molar-refractivity contribution in [3.63, 3.8) is 0 Å². The highest BCUT2D eigenvalue weighted by Gasteiger charge is 2.25. The zero-order chi connectivity index (χ0) is 14.5. The Hall–Kier alpha value is -1.62. The van der Waals surface area contributed by atoms with Crippen LogP contribution in [0.3, 0.4) is 0 Å². The van der Waals surface area contributed by atoms with Gasteiger partial charge in [-0.3, -0.25) is 9.69 Å². The number of piperidine rings is 1. The second-order valence-corrected chi connectivity index (χ2v) is 5.17. The molecule has 1 atom stereocenters. The lowest BCUT2D eigenvalue weighted by atomic mass is 9.98. The fourth-order valence-electron chi connectivity index (χ4n) is 2.79. The maximum atomic E-state index is 13.4. The van der Waals surface area contributed by atoms with Crippen LogP contribution in [0.15, 0.2) is 18.2 Å². The van der Waals surface area contributed by atoms with Gasteiger partial charge in [0, 0.05) is 18.2 Å². The van der Waals surface area contributed by atoms with Crippen molar-refractivity contribution >= 4 is 5.97 Å². The average Bonchev–Trinajstić information content (AvgIpc) is 2.41. The van der Waals surface area contributed by atoms with Gasteiger partial charge >= 0.3 is 5.97 Å². The number of carbonyl (C=O) groups is 1. The minimum absolute atomic E-state index is 0.0224. The number of nitrogens with zero attached hydrogens (tertiary/aromatic N) is 1. The zero-order valence-corrected chi connectivity index (χ0v) is 11.6. The summed E-state index contributed by atoms with van der Waals surface area (Å²) in [6.45, 7) is 1.37. The van der Waals surface area contributed by atoms with E-state index in [-0.39, 0.29) is 18.3 Å². The first-order valence-corrected chi connectivity index (χ1v) is 6.88. The molecule has 1 aromatic carbocycles. The van der Waals surface area contributed by atoms with Gasteiger partial charge < -0.3 is 9.84 Å². The van der Waals surface area contributed by atoms with Crippen molar-refractivity contribution in [1.29, 1.82) is 0 Å². The second-order valence-electron chi connectivity index (χ2n) is 5.17. The molecule has 0 bridgehead atoms. The SMILES string of the molecule is COc1ccc(F)cc1CN1CCCCC1CC(=O)O. The third-order valence-electron chi connectivity index (χ3n) is 3.78. The molecule has 20 heavy (non-hydrogen) atoms. The van der Waals surface area contributed by atoms with Crippen molar-refractivity contribution in [1.82, 2.24) is 4.90 Å². The molecule has 1 fully saturated rings. The summed E-state index contributed by atoms with van der Waals surface area (Å²) >= 11 is 0. The number of rotatable bonds is 5. The molecule has 0 radical (unpaired) electrons. The smallest absolute Gasteiger partial charge is 0.304 e. The number of ether oxygens (including phenoxy) is 1. The van der Waals surface area contributed by atoms with Crippen LogP contribution in [0.4, 0.5) is 4.39 Å². The Bertz CT molecular complexity index is 478. The van der Waals surface area contributed by atoms with E-state index in [2.05, 4.69) is 4.90 Å². The van der Waals surface area contributed by atoms with Gasteiger partial charge in [0.05, 0.1) is 13.5 Å². The second kappa shape index (κ2) is 6.70. The predicted molar refractivity (Wildman–Crippen MR) is 73.3 cm³/mol. The summed E-state index contributed by atoms with van der Waals surface area (Å²) in [7, 11) is 1.56. The van der Waals surface area contributed by atoms with Crippen LogP contribution < -0.4 is 4.74 Å². The molecule has 1 unspecified atom stereocenters. The monoisotopic (exact) mass is 281 g/mol. The molecule has 1 aliphatic heterocycles. The van der Waals surface area contributed by atoms with Crippen molar-refractivity contribution < 1.29 is 19.0 Å². The lowest BCUT2D eigenvalue weighted by Gasteiger charge is -2.35. The van der Waals surface area contributed by atoms with Crippen LogP contribution in [0.5, 0.6) is 5.75 Å². The van der Waals surface area contributed by atoms with Gasteiger partial charge in [0.2, 0.25) is 0 Å². The average molecular weight is 281 g/mol. The molecule has 0 amide bonds. The van der Waals surface area contributed by atoms with Gasteiger partial charge in [0.25, 0.3) is 0 Å². The molecular formula is C15H20FNO3. The normalized spacial score (nSPS) is 19.8. The Morgan fingerprint density at radius 3 is 3.00 bits per heavy atom. The summed E-state index contributed by atoms with van der Waals surface area (Å²) in [5.41, 5.74) is 0.768. The van der Waals surface area contributed by atoms with Crippen LogP contribution in [-0.2, 0) is 11.3 Å². The molecule has 0 spiro atoms. The molecule has 0 aliphatic carbocycles. The van der Waals surface area contributed by atoms with Crippen LogP contribution in [0.1, 0.15) is 31.2 Å². The number of likely N-dealkylation sites (tertiary alicyclic amines) is 1. The van der Waals surface area contributed by atoms with Crippen molar-refractivity contribution in [3.05, 3.63) is 29.6 Å². The number of halogens is 1. The first kappa shape index (κ1) is 14.8. The minimum atomic E-state index is -0.784. The van der Waals surface area contributed by atoms with Gasteiger partial charge in [-0.2, -0.15) is 0 Å². The molecule has 1 saturated heterocycles. The van der Waals surface area contributed by atoms with Gasteiger partial charge in [-0.05, 0) is 37.6 Å². The zero-order valence-electron chi connectivity index (χ0n) is 11.6. The van der Waals surface area contributed by atoms with Crippen molar-refractivity contribution in [2.24, 2.45) is 0 Å². The third-order valence-corrected chi connectivity index (χ3v) is 3.78. The van der Waals surface area contributed by atoms with E-state index in [9.17, 15) is 9.18 Å². The first-order chi connectivity index (χ1) is 9.60. The van der Waals surface area contributed by atoms with E-state index in [4.69, 9.17) is 9.84 Å². The van der Waals surface area contributed by atoms with Crippen LogP contribution in [0.2, 0.25) is 0 Å². The molecule has 1 heterocycles. The summed E-state index contributed by atoms with van der Waals surface area (Å²) < 4.78 is 18.6. The maximum absolute atomic E-state index is 13.4. The van der Waals surface area contributed by atoms with Crippen molar-refractivity contribution in [2.75, 3.05) is 13.7 Å². The Kier molecular flexibility index (Phi) is 4.95. The van der Waals surface area contributed by atoms with Crippen molar-refractivity contribution in [2.45, 2.75) is 38.3 Å². The van der Waals surface area contributed by atoms with E-state index in [1.807, 2.05) is 0 Å². The van der Waals surface area contributed by atoms with Crippen LogP contribution >= 0.6 is 0 Å². The number of methoxy groups -OCH3 is 1. The molecule has 1 aromatic rings. The highest BCUT2D eigenvalue weighted by molar-refractivity contribution is 5.67. The minimum Gasteiger partial charge on any atom is -0.496 e. The van der Waals surface area contributed by atoms with Gasteiger partial charge in [0.15, 0.2) is 0 Å². The van der Waals surface area contributed by atoms with Gasteiger partial charge in [0.1, 0.15) is 11.6 Å². The van der Waals surface area contributed by atoms with E-state index < -0.39 is 5.97 Å². The maximum Gasteiger partial charge on any atom is 0.304 e. The largest absolute Gasteiger partial charge is 0.496 e. The van der Waals surface area contributed by atoms with Gasteiger partial charge in [-0.1, -0.05) is 6.42 Å². The lowest BCUT2D eigenvalue weighted by molar-refractivity contribution is -0.138. The summed E-state index contributed by atoms with van der Waals surface area (Å²) in [6, 6.07) is 4.47. The van der Waals surface area contributed by atoms with E-state index >= 15 is 0 Å². The fourth-order valence-corrected chi connectivity index (χ4v) is 2.79. The summed E-state index contributed by atoms with van der Waals surface area (Å²) in [5, 5.41) is 8.98. The van der Waals surface area contributed by atoms with E-state index in [0.29, 0.717) is 12.3 Å². The summed E-state index contributed by atoms with van der Waals surface area (Å²) in [4.78, 5) is 13.1. The number of carboxylic acid groups (broad SMARTS) is 1. The number of carboxylic acids is 1. The number of aliphatic carboxylic acids is 1. The molecule has 4 nitrogen and oxygen atoms in total. The third kappa shape index (κ3) is 3.70. The van der Waals surface area contributed by atoms with E-state index in [1.165, 1.54) is 12.1 Å². The summed E-state index contributed by atoms with van der Waals surface area (Å²) in [5.74, 6) is -0.438. The van der Waals surface area contributed by atoms with Crippen LogP contribution in [0.25, 0.3) is 0 Å². The highest BCUT2D eigenvalue weighted by atomic mass is 19.1. The number of hydrogen-bond donors (Lipinski definition) is 1. The highest BCUT2D eigenvalue weighted by Crippen LogP contribution is 2.26. The molecular weight excluding hydrogens is 261 g/mol. The molecule has 110 valence electrons. The quantitative estimate of drug-likeness (QED) is 0.901. The number of hydrogen-bond acceptors (Lipinski definition) is 3. The van der Waals surface area contributed by atoms with E-state index in [1.54, 1.807) is 13.2 Å². The van der Waals surface area contributed by atoms with E-state index in [0.717, 1.165) is 31.4 Å². The topological polar surface area (TPSA) is 49.8 Å². The fraction of sp³-hybridized carbons (Fsp3) is 0.533. The van der Waals surface area contributed by atoms with Crippen molar-refractivity contribution in [3.8, 4) is 5.75 Å². The Morgan fingerprint density at radius 2 is 2.30 bits per heavy atom.